The van der Waals surface area contributed by atoms with E-state index in [4.69, 9.17) is 4.98 Å². The van der Waals surface area contributed by atoms with Gasteiger partial charge in [0.15, 0.2) is 5.13 Å². The van der Waals surface area contributed by atoms with Gasteiger partial charge in [-0.25, -0.2) is 26.9 Å². The molecule has 2 aromatic rings. The minimum absolute atomic E-state index is 0.158. The Bertz CT molecular complexity index is 1000. The second kappa shape index (κ2) is 7.11. The minimum Gasteiger partial charge on any atom is -0.340 e. The van der Waals surface area contributed by atoms with Crippen molar-refractivity contribution in [2.75, 3.05) is 18.0 Å². The van der Waals surface area contributed by atoms with Gasteiger partial charge in [0.1, 0.15) is 0 Å². The van der Waals surface area contributed by atoms with E-state index in [2.05, 4.69) is 14.9 Å². The van der Waals surface area contributed by atoms with Crippen LogP contribution >= 0.6 is 11.3 Å². The molecule has 29 heavy (non-hydrogen) atoms. The lowest BCUT2D eigenvalue weighted by molar-refractivity contribution is -0.0387. The van der Waals surface area contributed by atoms with Crippen LogP contribution in [0.3, 0.4) is 0 Å². The summed E-state index contributed by atoms with van der Waals surface area (Å²) in [5, 5.41) is 4.40. The van der Waals surface area contributed by atoms with Crippen molar-refractivity contribution in [3.05, 3.63) is 18.2 Å². The predicted octanol–water partition coefficient (Wildman–Crippen LogP) is 3.09. The van der Waals surface area contributed by atoms with Crippen LogP contribution in [0.1, 0.15) is 38.5 Å². The van der Waals surface area contributed by atoms with Crippen LogP contribution in [0.25, 0.3) is 10.2 Å². The Balaban J connectivity index is 1.37. The Kier molecular flexibility index (Phi) is 4.80. The van der Waals surface area contributed by atoms with E-state index in [-0.39, 0.29) is 30.6 Å². The van der Waals surface area contributed by atoms with Gasteiger partial charge in [-0.2, -0.15) is 0 Å². The molecule has 3 fully saturated rings. The first kappa shape index (κ1) is 19.6. The van der Waals surface area contributed by atoms with Crippen molar-refractivity contribution >= 4 is 36.7 Å². The SMILES string of the molecule is O=S(=O)(NC1CCC(F)(F)CC1)c1ccc2nc(N3C4CCC3CNC4)sc2c1. The molecule has 1 aromatic carbocycles. The molecule has 1 aliphatic carbocycles. The van der Waals surface area contributed by atoms with Crippen molar-refractivity contribution < 1.29 is 17.2 Å². The fourth-order valence-electron chi connectivity index (χ4n) is 4.71. The average Bonchev–Trinajstić information content (AvgIpc) is 3.20. The van der Waals surface area contributed by atoms with Crippen LogP contribution in [0.4, 0.5) is 13.9 Å². The van der Waals surface area contributed by atoms with Crippen LogP contribution in [-0.2, 0) is 10.0 Å². The number of alkyl halides is 2. The number of aromatic nitrogens is 1. The molecule has 2 unspecified atom stereocenters. The molecule has 2 aliphatic heterocycles. The number of nitrogens with one attached hydrogen (secondary N) is 2. The highest BCUT2D eigenvalue weighted by molar-refractivity contribution is 7.89. The number of anilines is 1. The highest BCUT2D eigenvalue weighted by atomic mass is 32.2. The van der Waals surface area contributed by atoms with Crippen molar-refractivity contribution in [2.24, 2.45) is 0 Å². The molecular formula is C19H24F2N4O2S2. The number of benzene rings is 1. The number of sulfonamides is 1. The van der Waals surface area contributed by atoms with Gasteiger partial charge in [-0.15, -0.1) is 0 Å². The summed E-state index contributed by atoms with van der Waals surface area (Å²) in [6.07, 6.45) is 2.07. The molecule has 158 valence electrons. The fourth-order valence-corrected chi connectivity index (χ4v) is 7.26. The molecular weight excluding hydrogens is 418 g/mol. The highest BCUT2D eigenvalue weighted by Gasteiger charge is 2.38. The van der Waals surface area contributed by atoms with Gasteiger partial charge >= 0.3 is 0 Å². The first-order chi connectivity index (χ1) is 13.8. The van der Waals surface area contributed by atoms with Crippen molar-refractivity contribution in [1.29, 1.82) is 0 Å². The maximum atomic E-state index is 13.3. The van der Waals surface area contributed by atoms with Crippen LogP contribution < -0.4 is 14.9 Å². The Morgan fingerprint density at radius 2 is 1.83 bits per heavy atom. The van der Waals surface area contributed by atoms with Gasteiger partial charge in [0, 0.05) is 44.1 Å². The lowest BCUT2D eigenvalue weighted by Gasteiger charge is -2.35. The average molecular weight is 443 g/mol. The van der Waals surface area contributed by atoms with Crippen LogP contribution in [0.15, 0.2) is 23.1 Å². The van der Waals surface area contributed by atoms with E-state index in [1.807, 2.05) is 0 Å². The van der Waals surface area contributed by atoms with E-state index in [0.29, 0.717) is 12.1 Å². The quantitative estimate of drug-likeness (QED) is 0.761. The normalized spacial score (nSPS) is 27.6. The molecule has 2 N–H and O–H groups in total. The summed E-state index contributed by atoms with van der Waals surface area (Å²) in [5.74, 6) is -2.68. The van der Waals surface area contributed by atoms with E-state index in [0.717, 1.165) is 41.3 Å². The lowest BCUT2D eigenvalue weighted by Crippen LogP contribution is -2.51. The summed E-state index contributed by atoms with van der Waals surface area (Å²) >= 11 is 1.52. The van der Waals surface area contributed by atoms with Crippen LogP contribution in [0.5, 0.6) is 0 Å². The summed E-state index contributed by atoms with van der Waals surface area (Å²) in [7, 11) is -3.75. The number of halogens is 2. The van der Waals surface area contributed by atoms with Crippen molar-refractivity contribution in [3.8, 4) is 0 Å². The number of thiazole rings is 1. The monoisotopic (exact) mass is 442 g/mol. The number of hydrogen-bond acceptors (Lipinski definition) is 6. The minimum atomic E-state index is -3.75. The highest BCUT2D eigenvalue weighted by Crippen LogP contribution is 2.38. The zero-order valence-corrected chi connectivity index (χ0v) is 17.5. The van der Waals surface area contributed by atoms with Gasteiger partial charge in [0.2, 0.25) is 15.9 Å². The molecule has 3 aliphatic rings. The summed E-state index contributed by atoms with van der Waals surface area (Å²) in [6.45, 7) is 1.91. The van der Waals surface area contributed by atoms with Crippen LogP contribution in [0, 0.1) is 0 Å². The van der Waals surface area contributed by atoms with E-state index >= 15 is 0 Å². The molecule has 2 bridgehead atoms. The van der Waals surface area contributed by atoms with E-state index in [1.54, 1.807) is 18.2 Å². The van der Waals surface area contributed by atoms with E-state index < -0.39 is 22.0 Å². The van der Waals surface area contributed by atoms with Gasteiger partial charge in [0.25, 0.3) is 0 Å². The standard InChI is InChI=1S/C19H24F2N4O2S2/c20-19(21)7-5-12(6-8-19)24-29(26,27)15-3-4-16-17(9-15)28-18(23-16)25-13-1-2-14(25)11-22-10-13/h3-4,9,12-14,22,24H,1-2,5-8,10-11H2. The number of piperazine rings is 1. The third-order valence-electron chi connectivity index (χ3n) is 6.30. The molecule has 0 spiro atoms. The third-order valence-corrected chi connectivity index (χ3v) is 8.85. The zero-order valence-electron chi connectivity index (χ0n) is 15.9. The Labute approximate surface area is 172 Å². The largest absolute Gasteiger partial charge is 0.340 e. The Morgan fingerprint density at radius 3 is 2.52 bits per heavy atom. The van der Waals surface area contributed by atoms with Crippen LogP contribution in [0.2, 0.25) is 0 Å². The van der Waals surface area contributed by atoms with E-state index in [1.165, 1.54) is 11.3 Å². The maximum absolute atomic E-state index is 13.3. The Morgan fingerprint density at radius 1 is 1.14 bits per heavy atom. The molecule has 2 saturated heterocycles. The fraction of sp³-hybridized carbons (Fsp3) is 0.632. The molecule has 1 aromatic heterocycles. The molecule has 0 radical (unpaired) electrons. The van der Waals surface area contributed by atoms with Crippen LogP contribution in [-0.4, -0.2) is 50.5 Å². The maximum Gasteiger partial charge on any atom is 0.248 e. The van der Waals surface area contributed by atoms with Gasteiger partial charge < -0.3 is 10.2 Å². The molecule has 5 rings (SSSR count). The summed E-state index contributed by atoms with van der Waals surface area (Å²) < 4.78 is 55.7. The summed E-state index contributed by atoms with van der Waals surface area (Å²) in [6, 6.07) is 5.40. The molecule has 6 nitrogen and oxygen atoms in total. The topological polar surface area (TPSA) is 74.3 Å². The van der Waals surface area contributed by atoms with Crippen molar-refractivity contribution in [3.63, 3.8) is 0 Å². The number of hydrogen-bond donors (Lipinski definition) is 2. The van der Waals surface area contributed by atoms with Crippen molar-refractivity contribution in [1.82, 2.24) is 15.0 Å². The zero-order chi connectivity index (χ0) is 20.2. The molecule has 1 saturated carbocycles. The first-order valence-electron chi connectivity index (χ1n) is 10.1. The molecule has 10 heteroatoms. The molecule has 3 heterocycles. The van der Waals surface area contributed by atoms with Gasteiger partial charge in [0.05, 0.1) is 15.1 Å². The number of nitrogens with zero attached hydrogens (tertiary/aromatic N) is 2. The first-order valence-corrected chi connectivity index (χ1v) is 12.4. The predicted molar refractivity (Wildman–Crippen MR) is 109 cm³/mol. The second-order valence-electron chi connectivity index (χ2n) is 8.33. The van der Waals surface area contributed by atoms with Gasteiger partial charge in [-0.05, 0) is 43.9 Å². The molecule has 0 amide bonds. The second-order valence-corrected chi connectivity index (χ2v) is 11.1. The molecule has 2 atom stereocenters. The third kappa shape index (κ3) is 3.75. The summed E-state index contributed by atoms with van der Waals surface area (Å²) in [4.78, 5) is 7.30. The Hall–Kier alpha value is -1.36. The smallest absolute Gasteiger partial charge is 0.248 e. The van der Waals surface area contributed by atoms with E-state index in [9.17, 15) is 17.2 Å². The van der Waals surface area contributed by atoms with Gasteiger partial charge in [-0.3, -0.25) is 0 Å². The van der Waals surface area contributed by atoms with Crippen molar-refractivity contribution in [2.45, 2.75) is 67.5 Å². The van der Waals surface area contributed by atoms with Gasteiger partial charge in [-0.1, -0.05) is 11.3 Å². The lowest BCUT2D eigenvalue weighted by atomic mass is 9.93. The number of fused-ring (bicyclic) bond motifs is 3. The summed E-state index contributed by atoms with van der Waals surface area (Å²) in [5.41, 5.74) is 0.791. The number of rotatable bonds is 4.